The van der Waals surface area contributed by atoms with Crippen molar-refractivity contribution in [2.45, 2.75) is 26.3 Å². The van der Waals surface area contributed by atoms with E-state index in [0.29, 0.717) is 16.0 Å². The molecule has 1 aromatic carbocycles. The standard InChI is InChI=1S/C12H13ClN2O3/c1-12(2,3)14-11(16)17-10-8-5-4-7(13)6-9(8)18-15-10/h4-6H,1-3H3,(H,14,16). The van der Waals surface area contributed by atoms with Gasteiger partial charge in [-0.25, -0.2) is 4.79 Å². The molecule has 0 saturated heterocycles. The van der Waals surface area contributed by atoms with Crippen LogP contribution in [0.1, 0.15) is 20.8 Å². The number of halogens is 1. The summed E-state index contributed by atoms with van der Waals surface area (Å²) in [4.78, 5) is 11.6. The highest BCUT2D eigenvalue weighted by Crippen LogP contribution is 2.27. The number of ether oxygens (including phenoxy) is 1. The van der Waals surface area contributed by atoms with Gasteiger partial charge in [0.05, 0.1) is 5.39 Å². The number of nitrogens with zero attached hydrogens (tertiary/aromatic N) is 1. The van der Waals surface area contributed by atoms with Crippen molar-refractivity contribution < 1.29 is 14.1 Å². The Morgan fingerprint density at radius 1 is 1.44 bits per heavy atom. The van der Waals surface area contributed by atoms with Crippen LogP contribution in [0, 0.1) is 0 Å². The molecule has 18 heavy (non-hydrogen) atoms. The van der Waals surface area contributed by atoms with E-state index in [0.717, 1.165) is 0 Å². The first-order valence-corrected chi connectivity index (χ1v) is 5.78. The zero-order valence-corrected chi connectivity index (χ0v) is 11.0. The van der Waals surface area contributed by atoms with E-state index >= 15 is 0 Å². The summed E-state index contributed by atoms with van der Waals surface area (Å²) < 4.78 is 10.1. The van der Waals surface area contributed by atoms with Crippen molar-refractivity contribution in [1.82, 2.24) is 10.5 Å². The molecular weight excluding hydrogens is 256 g/mol. The van der Waals surface area contributed by atoms with Crippen molar-refractivity contribution in [2.24, 2.45) is 0 Å². The molecule has 0 aliphatic rings. The highest BCUT2D eigenvalue weighted by atomic mass is 35.5. The molecule has 0 bridgehead atoms. The van der Waals surface area contributed by atoms with Gasteiger partial charge in [-0.15, -0.1) is 0 Å². The first-order chi connectivity index (χ1) is 8.35. The maximum atomic E-state index is 11.6. The number of carbonyl (C=O) groups is 1. The molecule has 0 spiro atoms. The van der Waals surface area contributed by atoms with Crippen molar-refractivity contribution in [2.75, 3.05) is 0 Å². The molecule has 0 unspecified atom stereocenters. The maximum Gasteiger partial charge on any atom is 0.414 e. The molecule has 0 aliphatic heterocycles. The first-order valence-electron chi connectivity index (χ1n) is 5.40. The minimum absolute atomic E-state index is 0.128. The lowest BCUT2D eigenvalue weighted by Crippen LogP contribution is -2.42. The molecule has 0 radical (unpaired) electrons. The van der Waals surface area contributed by atoms with Gasteiger partial charge in [0.25, 0.3) is 5.88 Å². The third-order valence-electron chi connectivity index (χ3n) is 2.07. The minimum atomic E-state index is -0.576. The summed E-state index contributed by atoms with van der Waals surface area (Å²) in [7, 11) is 0. The number of aromatic nitrogens is 1. The van der Waals surface area contributed by atoms with Crippen molar-refractivity contribution in [1.29, 1.82) is 0 Å². The van der Waals surface area contributed by atoms with Gasteiger partial charge in [-0.1, -0.05) is 11.6 Å². The third kappa shape index (κ3) is 2.92. The van der Waals surface area contributed by atoms with Gasteiger partial charge in [-0.2, -0.15) is 0 Å². The van der Waals surface area contributed by atoms with Crippen LogP contribution in [0.15, 0.2) is 22.7 Å². The number of fused-ring (bicyclic) bond motifs is 1. The van der Waals surface area contributed by atoms with Gasteiger partial charge in [-0.3, -0.25) is 0 Å². The summed E-state index contributed by atoms with van der Waals surface area (Å²) in [6, 6.07) is 4.97. The number of hydrogen-bond acceptors (Lipinski definition) is 4. The summed E-state index contributed by atoms with van der Waals surface area (Å²) in [6.45, 7) is 5.57. The average Bonchev–Trinajstić information content (AvgIpc) is 2.57. The van der Waals surface area contributed by atoms with Crippen LogP contribution in [-0.4, -0.2) is 16.8 Å². The normalized spacial score (nSPS) is 11.6. The number of rotatable bonds is 1. The maximum absolute atomic E-state index is 11.6. The number of amides is 1. The quantitative estimate of drug-likeness (QED) is 0.861. The molecule has 96 valence electrons. The predicted molar refractivity (Wildman–Crippen MR) is 67.9 cm³/mol. The molecule has 0 saturated carbocycles. The van der Waals surface area contributed by atoms with E-state index in [4.69, 9.17) is 20.9 Å². The molecule has 2 rings (SSSR count). The van der Waals surface area contributed by atoms with Crippen LogP contribution in [0.2, 0.25) is 5.02 Å². The summed E-state index contributed by atoms with van der Waals surface area (Å²) in [5, 5.41) is 7.49. The average molecular weight is 269 g/mol. The molecule has 0 fully saturated rings. The van der Waals surface area contributed by atoms with Gasteiger partial charge in [0.15, 0.2) is 5.58 Å². The Morgan fingerprint density at radius 3 is 2.83 bits per heavy atom. The number of benzene rings is 1. The lowest BCUT2D eigenvalue weighted by atomic mass is 10.1. The van der Waals surface area contributed by atoms with E-state index in [-0.39, 0.29) is 11.4 Å². The molecule has 5 nitrogen and oxygen atoms in total. The van der Waals surface area contributed by atoms with Crippen LogP contribution in [-0.2, 0) is 0 Å². The molecular formula is C12H13ClN2O3. The zero-order valence-electron chi connectivity index (χ0n) is 10.3. The Balaban J connectivity index is 2.20. The van der Waals surface area contributed by atoms with Gasteiger partial charge >= 0.3 is 6.09 Å². The summed E-state index contributed by atoms with van der Waals surface area (Å²) in [6.07, 6.45) is -0.576. The topological polar surface area (TPSA) is 64.4 Å². The predicted octanol–water partition coefficient (Wildman–Crippen LogP) is 3.37. The number of hydrogen-bond donors (Lipinski definition) is 1. The van der Waals surface area contributed by atoms with Crippen molar-refractivity contribution >= 4 is 28.7 Å². The Bertz CT molecular complexity index is 587. The van der Waals surface area contributed by atoms with Crippen molar-refractivity contribution in [3.8, 4) is 5.88 Å². The second kappa shape index (κ2) is 4.49. The summed E-state index contributed by atoms with van der Waals surface area (Å²) in [5.74, 6) is 0.128. The van der Waals surface area contributed by atoms with Crippen LogP contribution in [0.25, 0.3) is 11.0 Å². The second-order valence-corrected chi connectivity index (χ2v) is 5.33. The molecule has 0 atom stereocenters. The minimum Gasteiger partial charge on any atom is -0.387 e. The van der Waals surface area contributed by atoms with Crippen LogP contribution in [0.4, 0.5) is 4.79 Å². The summed E-state index contributed by atoms with van der Waals surface area (Å²) in [5.41, 5.74) is 0.0981. The van der Waals surface area contributed by atoms with Crippen LogP contribution >= 0.6 is 11.6 Å². The molecule has 1 heterocycles. The number of nitrogens with one attached hydrogen (secondary N) is 1. The molecule has 1 N–H and O–H groups in total. The van der Waals surface area contributed by atoms with Gasteiger partial charge < -0.3 is 14.6 Å². The first kappa shape index (κ1) is 12.7. The Kier molecular flexibility index (Phi) is 3.17. The Morgan fingerprint density at radius 2 is 2.17 bits per heavy atom. The fraction of sp³-hybridized carbons (Fsp3) is 0.333. The monoisotopic (exact) mass is 268 g/mol. The van der Waals surface area contributed by atoms with Gasteiger partial charge in [0, 0.05) is 16.6 Å². The van der Waals surface area contributed by atoms with E-state index < -0.39 is 6.09 Å². The number of carbonyl (C=O) groups excluding carboxylic acids is 1. The lowest BCUT2D eigenvalue weighted by Gasteiger charge is -2.19. The van der Waals surface area contributed by atoms with Gasteiger partial charge in [0.1, 0.15) is 0 Å². The van der Waals surface area contributed by atoms with E-state index in [1.54, 1.807) is 18.2 Å². The molecule has 6 heteroatoms. The van der Waals surface area contributed by atoms with Crippen molar-refractivity contribution in [3.05, 3.63) is 23.2 Å². The third-order valence-corrected chi connectivity index (χ3v) is 2.30. The van der Waals surface area contributed by atoms with Crippen LogP contribution < -0.4 is 10.1 Å². The van der Waals surface area contributed by atoms with E-state index in [1.165, 1.54) is 0 Å². The van der Waals surface area contributed by atoms with E-state index in [9.17, 15) is 4.79 Å². The van der Waals surface area contributed by atoms with E-state index in [1.807, 2.05) is 20.8 Å². The van der Waals surface area contributed by atoms with Gasteiger partial charge in [-0.05, 0) is 38.1 Å². The Labute approximate surface area is 109 Å². The fourth-order valence-electron chi connectivity index (χ4n) is 1.38. The van der Waals surface area contributed by atoms with Crippen molar-refractivity contribution in [3.63, 3.8) is 0 Å². The van der Waals surface area contributed by atoms with Crippen LogP contribution in [0.5, 0.6) is 5.88 Å². The molecule has 0 aliphatic carbocycles. The second-order valence-electron chi connectivity index (χ2n) is 4.89. The molecule has 1 amide bonds. The smallest absolute Gasteiger partial charge is 0.387 e. The highest BCUT2D eigenvalue weighted by Gasteiger charge is 2.18. The molecule has 2 aromatic rings. The largest absolute Gasteiger partial charge is 0.414 e. The van der Waals surface area contributed by atoms with Gasteiger partial charge in [0.2, 0.25) is 0 Å². The van der Waals surface area contributed by atoms with E-state index in [2.05, 4.69) is 10.5 Å². The lowest BCUT2D eigenvalue weighted by molar-refractivity contribution is 0.187. The Hall–Kier alpha value is -1.75. The summed E-state index contributed by atoms with van der Waals surface area (Å²) >= 11 is 5.81. The highest BCUT2D eigenvalue weighted by molar-refractivity contribution is 6.31. The van der Waals surface area contributed by atoms with Crippen LogP contribution in [0.3, 0.4) is 0 Å². The SMILES string of the molecule is CC(C)(C)NC(=O)Oc1noc2cc(Cl)ccc12. The molecule has 1 aromatic heterocycles. The fourth-order valence-corrected chi connectivity index (χ4v) is 1.54. The zero-order chi connectivity index (χ0) is 13.3.